The van der Waals surface area contributed by atoms with Crippen molar-refractivity contribution in [1.82, 2.24) is 0 Å². The van der Waals surface area contributed by atoms with Crippen LogP contribution in [-0.4, -0.2) is 0 Å². The van der Waals surface area contributed by atoms with Crippen LogP contribution in [0.1, 0.15) is 22.1 Å². The lowest BCUT2D eigenvalue weighted by molar-refractivity contribution is 0.624. The molecule has 1 aromatic heterocycles. The molecule has 0 aliphatic rings. The van der Waals surface area contributed by atoms with Gasteiger partial charge in [-0.15, -0.1) is 22.9 Å². The van der Waals surface area contributed by atoms with E-state index in [-0.39, 0.29) is 11.2 Å². The van der Waals surface area contributed by atoms with E-state index >= 15 is 0 Å². The number of alkyl halides is 1. The van der Waals surface area contributed by atoms with Crippen LogP contribution in [0.5, 0.6) is 0 Å². The quantitative estimate of drug-likeness (QED) is 0.533. The number of thiophene rings is 1. The summed E-state index contributed by atoms with van der Waals surface area (Å²) in [4.78, 5) is 0. The van der Waals surface area contributed by atoms with Crippen LogP contribution in [0.4, 0.5) is 4.39 Å². The van der Waals surface area contributed by atoms with E-state index in [2.05, 4.69) is 17.5 Å². The molecule has 1 atom stereocenters. The van der Waals surface area contributed by atoms with E-state index in [0.29, 0.717) is 0 Å². The lowest BCUT2D eigenvalue weighted by Gasteiger charge is -2.10. The van der Waals surface area contributed by atoms with Crippen LogP contribution < -0.4 is 0 Å². The Morgan fingerprint density at radius 3 is 2.74 bits per heavy atom. The second kappa shape index (κ2) is 4.95. The third-order valence-corrected chi connectivity index (χ3v) is 4.61. The van der Waals surface area contributed by atoms with Gasteiger partial charge in [0.1, 0.15) is 5.82 Å². The predicted molar refractivity (Wildman–Crippen MR) is 80.7 cm³/mol. The molecule has 0 N–H and O–H groups in total. The predicted octanol–water partition coefficient (Wildman–Crippen LogP) is 5.68. The van der Waals surface area contributed by atoms with Crippen LogP contribution in [0.2, 0.25) is 0 Å². The highest BCUT2D eigenvalue weighted by molar-refractivity contribution is 7.17. The molecule has 0 saturated carbocycles. The lowest BCUT2D eigenvalue weighted by Crippen LogP contribution is -1.94. The Bertz CT molecular complexity index is 712. The van der Waals surface area contributed by atoms with E-state index in [4.69, 9.17) is 11.6 Å². The van der Waals surface area contributed by atoms with Gasteiger partial charge in [0.25, 0.3) is 0 Å². The van der Waals surface area contributed by atoms with Gasteiger partial charge in [-0.05, 0) is 52.6 Å². The maximum absolute atomic E-state index is 13.5. The van der Waals surface area contributed by atoms with Crippen molar-refractivity contribution >= 4 is 33.0 Å². The summed E-state index contributed by atoms with van der Waals surface area (Å²) in [6.45, 7) is 1.88. The molecular weight excluding hydrogens is 279 g/mol. The summed E-state index contributed by atoms with van der Waals surface area (Å²) in [5.74, 6) is -0.236. The molecule has 1 heterocycles. The Morgan fingerprint density at radius 2 is 1.95 bits per heavy atom. The molecule has 3 aromatic rings. The van der Waals surface area contributed by atoms with Gasteiger partial charge in [-0.25, -0.2) is 4.39 Å². The van der Waals surface area contributed by atoms with Gasteiger partial charge in [0.15, 0.2) is 0 Å². The fraction of sp³-hybridized carbons (Fsp3) is 0.125. The number of hydrogen-bond donors (Lipinski definition) is 0. The molecule has 0 aliphatic heterocycles. The van der Waals surface area contributed by atoms with E-state index in [1.54, 1.807) is 11.3 Å². The maximum Gasteiger partial charge on any atom is 0.123 e. The van der Waals surface area contributed by atoms with Gasteiger partial charge in [-0.3, -0.25) is 0 Å². The van der Waals surface area contributed by atoms with Crippen molar-refractivity contribution < 1.29 is 4.39 Å². The largest absolute Gasteiger partial charge is 0.207 e. The van der Waals surface area contributed by atoms with Gasteiger partial charge in [0, 0.05) is 4.70 Å². The summed E-state index contributed by atoms with van der Waals surface area (Å²) in [5.41, 5.74) is 2.75. The number of halogens is 2. The first-order valence-electron chi connectivity index (χ1n) is 6.02. The van der Waals surface area contributed by atoms with E-state index in [9.17, 15) is 4.39 Å². The van der Waals surface area contributed by atoms with E-state index in [1.807, 2.05) is 25.1 Å². The van der Waals surface area contributed by atoms with Crippen molar-refractivity contribution in [3.8, 4) is 0 Å². The average Bonchev–Trinajstić information content (AvgIpc) is 2.80. The summed E-state index contributed by atoms with van der Waals surface area (Å²) in [7, 11) is 0. The second-order valence-corrected chi connectivity index (χ2v) is 5.96. The number of fused-ring (bicyclic) bond motifs is 1. The molecule has 3 rings (SSSR count). The third-order valence-electron chi connectivity index (χ3n) is 3.14. The topological polar surface area (TPSA) is 0 Å². The Morgan fingerprint density at radius 1 is 1.16 bits per heavy atom. The van der Waals surface area contributed by atoms with Crippen molar-refractivity contribution in [1.29, 1.82) is 0 Å². The number of aryl methyl sites for hydroxylation is 1. The minimum atomic E-state index is -0.314. The van der Waals surface area contributed by atoms with Crippen LogP contribution >= 0.6 is 22.9 Å². The normalized spacial score (nSPS) is 12.8. The highest BCUT2D eigenvalue weighted by Crippen LogP contribution is 2.37. The highest BCUT2D eigenvalue weighted by Gasteiger charge is 2.16. The molecule has 0 radical (unpaired) electrons. The molecule has 0 spiro atoms. The first-order chi connectivity index (χ1) is 9.15. The highest BCUT2D eigenvalue weighted by atomic mass is 35.5. The first-order valence-corrected chi connectivity index (χ1v) is 7.34. The first kappa shape index (κ1) is 12.6. The zero-order valence-electron chi connectivity index (χ0n) is 10.4. The maximum atomic E-state index is 13.5. The zero-order valence-corrected chi connectivity index (χ0v) is 11.9. The number of benzene rings is 2. The van der Waals surface area contributed by atoms with Crippen LogP contribution in [0, 0.1) is 12.7 Å². The van der Waals surface area contributed by atoms with E-state index in [0.717, 1.165) is 22.1 Å². The second-order valence-electron chi connectivity index (χ2n) is 4.61. The fourth-order valence-corrected chi connectivity index (χ4v) is 3.65. The monoisotopic (exact) mass is 290 g/mol. The minimum absolute atomic E-state index is 0.236. The van der Waals surface area contributed by atoms with Gasteiger partial charge in [-0.2, -0.15) is 0 Å². The molecule has 0 saturated heterocycles. The van der Waals surface area contributed by atoms with Gasteiger partial charge in [0.2, 0.25) is 0 Å². The molecule has 1 unspecified atom stereocenters. The molecule has 0 aliphatic carbocycles. The molecular formula is C16H12ClFS. The SMILES string of the molecule is Cc1cc(F)cc(C(Cl)c2csc3ccccc23)c1. The van der Waals surface area contributed by atoms with E-state index < -0.39 is 0 Å². The number of hydrogen-bond acceptors (Lipinski definition) is 1. The molecule has 0 fully saturated rings. The Hall–Kier alpha value is -1.38. The van der Waals surface area contributed by atoms with Crippen LogP contribution in [-0.2, 0) is 0 Å². The Labute approximate surface area is 120 Å². The van der Waals surface area contributed by atoms with E-state index in [1.165, 1.54) is 16.8 Å². The van der Waals surface area contributed by atoms with Crippen molar-refractivity contribution in [2.75, 3.05) is 0 Å². The third kappa shape index (κ3) is 2.38. The summed E-state index contributed by atoms with van der Waals surface area (Å²) in [6, 6.07) is 13.1. The molecule has 0 bridgehead atoms. The Kier molecular flexibility index (Phi) is 3.29. The standard InChI is InChI=1S/C16H12ClFS/c1-10-6-11(8-12(18)7-10)16(17)14-9-19-15-5-3-2-4-13(14)15/h2-9,16H,1H3. The lowest BCUT2D eigenvalue weighted by atomic mass is 10.0. The summed E-state index contributed by atoms with van der Waals surface area (Å²) in [6.07, 6.45) is 0. The minimum Gasteiger partial charge on any atom is -0.207 e. The molecule has 96 valence electrons. The molecule has 19 heavy (non-hydrogen) atoms. The molecule has 0 nitrogen and oxygen atoms in total. The number of rotatable bonds is 2. The van der Waals surface area contributed by atoms with Crippen molar-refractivity contribution in [3.63, 3.8) is 0 Å². The van der Waals surface area contributed by atoms with Crippen molar-refractivity contribution in [2.24, 2.45) is 0 Å². The van der Waals surface area contributed by atoms with Gasteiger partial charge in [-0.1, -0.05) is 24.3 Å². The van der Waals surface area contributed by atoms with Crippen molar-refractivity contribution in [3.05, 3.63) is 70.4 Å². The van der Waals surface area contributed by atoms with Crippen LogP contribution in [0.25, 0.3) is 10.1 Å². The summed E-state index contributed by atoms with van der Waals surface area (Å²) >= 11 is 8.20. The Balaban J connectivity index is 2.10. The van der Waals surface area contributed by atoms with Crippen LogP contribution in [0.3, 0.4) is 0 Å². The van der Waals surface area contributed by atoms with Gasteiger partial charge >= 0.3 is 0 Å². The molecule has 2 aromatic carbocycles. The summed E-state index contributed by atoms with van der Waals surface area (Å²) < 4.78 is 14.7. The van der Waals surface area contributed by atoms with Gasteiger partial charge in [0.05, 0.1) is 5.38 Å². The smallest absolute Gasteiger partial charge is 0.123 e. The zero-order chi connectivity index (χ0) is 13.4. The average molecular weight is 291 g/mol. The summed E-state index contributed by atoms with van der Waals surface area (Å²) in [5, 5.41) is 2.89. The molecule has 3 heteroatoms. The van der Waals surface area contributed by atoms with Crippen LogP contribution in [0.15, 0.2) is 47.8 Å². The fourth-order valence-electron chi connectivity index (χ4n) is 2.29. The molecule has 0 amide bonds. The van der Waals surface area contributed by atoms with Crippen molar-refractivity contribution in [2.45, 2.75) is 12.3 Å². The van der Waals surface area contributed by atoms with Gasteiger partial charge < -0.3 is 0 Å².